The highest BCUT2D eigenvalue weighted by molar-refractivity contribution is 5.91. The van der Waals surface area contributed by atoms with Gasteiger partial charge in [-0.2, -0.15) is 13.2 Å². The molecule has 1 N–H and O–H groups in total. The molecule has 4 nitrogen and oxygen atoms in total. The second-order valence-corrected chi connectivity index (χ2v) is 5.35. The molecule has 2 aromatic carbocycles. The van der Waals surface area contributed by atoms with Crippen molar-refractivity contribution in [2.75, 3.05) is 6.61 Å². The van der Waals surface area contributed by atoms with Crippen LogP contribution in [0.2, 0.25) is 0 Å². The lowest BCUT2D eigenvalue weighted by Gasteiger charge is -2.14. The molecule has 0 spiro atoms. The molecule has 132 valence electrons. The van der Waals surface area contributed by atoms with Crippen LogP contribution in [0.3, 0.4) is 0 Å². The Morgan fingerprint density at radius 2 is 1.76 bits per heavy atom. The van der Waals surface area contributed by atoms with Gasteiger partial charge in [0.1, 0.15) is 0 Å². The third-order valence-electron chi connectivity index (χ3n) is 3.44. The SMILES string of the molecule is CC(NC(=O)COC(=O)c1cccc(C(F)(F)F)c1)c1ccccc1. The van der Waals surface area contributed by atoms with Crippen LogP contribution < -0.4 is 5.32 Å². The molecule has 1 amide bonds. The Morgan fingerprint density at radius 1 is 1.08 bits per heavy atom. The van der Waals surface area contributed by atoms with Crippen molar-refractivity contribution < 1.29 is 27.5 Å². The molecule has 2 rings (SSSR count). The maximum Gasteiger partial charge on any atom is 0.416 e. The largest absolute Gasteiger partial charge is 0.452 e. The minimum Gasteiger partial charge on any atom is -0.452 e. The van der Waals surface area contributed by atoms with Crippen LogP contribution in [0.5, 0.6) is 0 Å². The zero-order valence-electron chi connectivity index (χ0n) is 13.3. The van der Waals surface area contributed by atoms with Crippen molar-refractivity contribution in [2.24, 2.45) is 0 Å². The summed E-state index contributed by atoms with van der Waals surface area (Å²) in [5.74, 6) is -1.54. The fourth-order valence-electron chi connectivity index (χ4n) is 2.15. The Hall–Kier alpha value is -2.83. The molecule has 7 heteroatoms. The zero-order valence-corrected chi connectivity index (χ0v) is 13.3. The number of hydrogen-bond acceptors (Lipinski definition) is 3. The van der Waals surface area contributed by atoms with E-state index in [1.54, 1.807) is 6.92 Å². The minimum absolute atomic E-state index is 0.265. The van der Waals surface area contributed by atoms with Crippen LogP contribution in [0.25, 0.3) is 0 Å². The van der Waals surface area contributed by atoms with Crippen LogP contribution in [-0.4, -0.2) is 18.5 Å². The van der Waals surface area contributed by atoms with Gasteiger partial charge in [-0.05, 0) is 30.7 Å². The maximum atomic E-state index is 12.6. The van der Waals surface area contributed by atoms with E-state index < -0.39 is 30.2 Å². The molecule has 2 aromatic rings. The Bertz CT molecular complexity index is 745. The molecule has 0 heterocycles. The van der Waals surface area contributed by atoms with Crippen molar-refractivity contribution in [3.8, 4) is 0 Å². The van der Waals surface area contributed by atoms with Crippen LogP contribution in [-0.2, 0) is 15.7 Å². The summed E-state index contributed by atoms with van der Waals surface area (Å²) in [7, 11) is 0. The van der Waals surface area contributed by atoms with Crippen LogP contribution >= 0.6 is 0 Å². The number of benzene rings is 2. The van der Waals surface area contributed by atoms with Crippen LogP contribution in [0.15, 0.2) is 54.6 Å². The van der Waals surface area contributed by atoms with Gasteiger partial charge in [0.15, 0.2) is 6.61 Å². The van der Waals surface area contributed by atoms with Gasteiger partial charge in [-0.15, -0.1) is 0 Å². The number of nitrogens with one attached hydrogen (secondary N) is 1. The molecule has 0 aliphatic rings. The van der Waals surface area contributed by atoms with Crippen LogP contribution in [0, 0.1) is 0 Å². The fraction of sp³-hybridized carbons (Fsp3) is 0.222. The number of halogens is 3. The molecule has 25 heavy (non-hydrogen) atoms. The average Bonchev–Trinajstić information content (AvgIpc) is 2.59. The normalized spacial score (nSPS) is 12.3. The number of rotatable bonds is 5. The zero-order chi connectivity index (χ0) is 18.4. The van der Waals surface area contributed by atoms with Crippen molar-refractivity contribution in [3.05, 3.63) is 71.3 Å². The van der Waals surface area contributed by atoms with E-state index >= 15 is 0 Å². The molecule has 0 fully saturated rings. The summed E-state index contributed by atoms with van der Waals surface area (Å²) < 4.78 is 42.7. The minimum atomic E-state index is -4.56. The number of carbonyl (C=O) groups excluding carboxylic acids is 2. The van der Waals surface area contributed by atoms with Crippen LogP contribution in [0.1, 0.15) is 34.5 Å². The standard InChI is InChI=1S/C18H16F3NO3/c1-12(13-6-3-2-4-7-13)22-16(23)11-25-17(24)14-8-5-9-15(10-14)18(19,20)21/h2-10,12H,11H2,1H3,(H,22,23). The number of carbonyl (C=O) groups is 2. The number of ether oxygens (including phenoxy) is 1. The van der Waals surface area contributed by atoms with Crippen molar-refractivity contribution in [2.45, 2.75) is 19.1 Å². The van der Waals surface area contributed by atoms with Gasteiger partial charge in [0.25, 0.3) is 5.91 Å². The van der Waals surface area contributed by atoms with Gasteiger partial charge in [-0.1, -0.05) is 36.4 Å². The molecular weight excluding hydrogens is 335 g/mol. The number of alkyl halides is 3. The lowest BCUT2D eigenvalue weighted by atomic mass is 10.1. The van der Waals surface area contributed by atoms with Gasteiger partial charge < -0.3 is 10.1 Å². The molecule has 1 unspecified atom stereocenters. The van der Waals surface area contributed by atoms with Crippen molar-refractivity contribution in [1.29, 1.82) is 0 Å². The lowest BCUT2D eigenvalue weighted by molar-refractivity contribution is -0.137. The monoisotopic (exact) mass is 351 g/mol. The number of amides is 1. The quantitative estimate of drug-likeness (QED) is 0.835. The smallest absolute Gasteiger partial charge is 0.416 e. The summed E-state index contributed by atoms with van der Waals surface area (Å²) in [5.41, 5.74) is -0.345. The van der Waals surface area contributed by atoms with Gasteiger partial charge in [-0.25, -0.2) is 4.79 Å². The van der Waals surface area contributed by atoms with E-state index in [1.165, 1.54) is 6.07 Å². The number of hydrogen-bond donors (Lipinski definition) is 1. The molecule has 1 atom stereocenters. The van der Waals surface area contributed by atoms with E-state index in [1.807, 2.05) is 30.3 Å². The summed E-state index contributed by atoms with van der Waals surface area (Å²) in [4.78, 5) is 23.6. The van der Waals surface area contributed by atoms with Gasteiger partial charge in [0, 0.05) is 0 Å². The van der Waals surface area contributed by atoms with E-state index in [4.69, 9.17) is 4.74 Å². The fourth-order valence-corrected chi connectivity index (χ4v) is 2.15. The molecule has 0 radical (unpaired) electrons. The van der Waals surface area contributed by atoms with E-state index in [2.05, 4.69) is 5.32 Å². The highest BCUT2D eigenvalue weighted by atomic mass is 19.4. The van der Waals surface area contributed by atoms with Gasteiger partial charge in [0.05, 0.1) is 17.2 Å². The van der Waals surface area contributed by atoms with E-state index in [0.29, 0.717) is 6.07 Å². The summed E-state index contributed by atoms with van der Waals surface area (Å²) in [6.07, 6.45) is -4.56. The Balaban J connectivity index is 1.90. The summed E-state index contributed by atoms with van der Waals surface area (Å²) in [6, 6.07) is 12.7. The van der Waals surface area contributed by atoms with E-state index in [-0.39, 0.29) is 11.6 Å². The second kappa shape index (κ2) is 7.83. The predicted octanol–water partition coefficient (Wildman–Crippen LogP) is 3.74. The third kappa shape index (κ3) is 5.34. The maximum absolute atomic E-state index is 12.6. The second-order valence-electron chi connectivity index (χ2n) is 5.35. The van der Waals surface area contributed by atoms with E-state index in [0.717, 1.165) is 17.7 Å². The first-order chi connectivity index (χ1) is 11.8. The Labute approximate surface area is 142 Å². The lowest BCUT2D eigenvalue weighted by Crippen LogP contribution is -2.31. The predicted molar refractivity (Wildman–Crippen MR) is 84.7 cm³/mol. The summed E-state index contributed by atoms with van der Waals surface area (Å²) >= 11 is 0. The highest BCUT2D eigenvalue weighted by Gasteiger charge is 2.31. The average molecular weight is 351 g/mol. The number of esters is 1. The third-order valence-corrected chi connectivity index (χ3v) is 3.44. The molecule has 0 saturated carbocycles. The van der Waals surface area contributed by atoms with Crippen molar-refractivity contribution >= 4 is 11.9 Å². The molecule has 0 aliphatic carbocycles. The van der Waals surface area contributed by atoms with Crippen molar-refractivity contribution in [1.82, 2.24) is 5.32 Å². The highest BCUT2D eigenvalue weighted by Crippen LogP contribution is 2.29. The van der Waals surface area contributed by atoms with Gasteiger partial charge >= 0.3 is 12.1 Å². The molecule has 0 bridgehead atoms. The summed E-state index contributed by atoms with van der Waals surface area (Å²) in [6.45, 7) is 1.19. The molecule has 0 aromatic heterocycles. The van der Waals surface area contributed by atoms with Gasteiger partial charge in [-0.3, -0.25) is 4.79 Å². The first kappa shape index (κ1) is 18.5. The van der Waals surface area contributed by atoms with Gasteiger partial charge in [0.2, 0.25) is 0 Å². The van der Waals surface area contributed by atoms with Crippen molar-refractivity contribution in [3.63, 3.8) is 0 Å². The molecule has 0 saturated heterocycles. The summed E-state index contributed by atoms with van der Waals surface area (Å²) in [5, 5.41) is 2.64. The first-order valence-electron chi connectivity index (χ1n) is 7.46. The Morgan fingerprint density at radius 3 is 2.40 bits per heavy atom. The van der Waals surface area contributed by atoms with E-state index in [9.17, 15) is 22.8 Å². The topological polar surface area (TPSA) is 55.4 Å². The molecule has 0 aliphatic heterocycles. The Kier molecular flexibility index (Phi) is 5.80. The van der Waals surface area contributed by atoms with Crippen LogP contribution in [0.4, 0.5) is 13.2 Å². The molecular formula is C18H16F3NO3. The first-order valence-corrected chi connectivity index (χ1v) is 7.46.